The number of hydrogen-bond acceptors (Lipinski definition) is 4. The molecule has 2 rings (SSSR count). The van der Waals surface area contributed by atoms with Crippen LogP contribution in [0.25, 0.3) is 0 Å². The van der Waals surface area contributed by atoms with E-state index in [1.165, 1.54) is 6.07 Å². The number of rotatable bonds is 6. The molecule has 0 fully saturated rings. The van der Waals surface area contributed by atoms with Crippen LogP contribution in [0.2, 0.25) is 0 Å². The number of furan rings is 1. The molecule has 6 nitrogen and oxygen atoms in total. The third-order valence-electron chi connectivity index (χ3n) is 2.66. The number of hydrogen-bond donors (Lipinski definition) is 2. The Hall–Kier alpha value is -2.76. The Morgan fingerprint density at radius 1 is 1.29 bits per heavy atom. The van der Waals surface area contributed by atoms with Gasteiger partial charge in [-0.3, -0.25) is 4.79 Å². The first-order valence-corrected chi connectivity index (χ1v) is 6.46. The van der Waals surface area contributed by atoms with Gasteiger partial charge in [0.1, 0.15) is 12.0 Å². The van der Waals surface area contributed by atoms with Crippen LogP contribution < -0.4 is 10.1 Å². The number of anilines is 1. The van der Waals surface area contributed by atoms with Crippen LogP contribution in [0, 0.1) is 0 Å². The molecular formula is C15H15NO5. The Bertz CT molecular complexity index is 630. The van der Waals surface area contributed by atoms with E-state index < -0.39 is 11.9 Å². The van der Waals surface area contributed by atoms with Crippen molar-refractivity contribution in [3.05, 3.63) is 47.9 Å². The predicted molar refractivity (Wildman–Crippen MR) is 75.8 cm³/mol. The zero-order valence-corrected chi connectivity index (χ0v) is 11.5. The van der Waals surface area contributed by atoms with Gasteiger partial charge in [-0.25, -0.2) is 4.79 Å². The number of carbonyl (C=O) groups is 2. The van der Waals surface area contributed by atoms with Crippen molar-refractivity contribution in [3.8, 4) is 5.75 Å². The average molecular weight is 289 g/mol. The molecule has 0 aliphatic heterocycles. The molecule has 0 atom stereocenters. The van der Waals surface area contributed by atoms with Crippen LogP contribution >= 0.6 is 0 Å². The maximum Gasteiger partial charge on any atom is 0.338 e. The van der Waals surface area contributed by atoms with Crippen LogP contribution in [0.5, 0.6) is 5.75 Å². The number of carboxylic acid groups (broad SMARTS) is 1. The van der Waals surface area contributed by atoms with Gasteiger partial charge in [0, 0.05) is 11.8 Å². The highest BCUT2D eigenvalue weighted by atomic mass is 16.5. The zero-order chi connectivity index (χ0) is 15.2. The lowest BCUT2D eigenvalue weighted by Crippen LogP contribution is -2.10. The van der Waals surface area contributed by atoms with Crippen LogP contribution in [0.4, 0.5) is 5.69 Å². The quantitative estimate of drug-likeness (QED) is 0.853. The van der Waals surface area contributed by atoms with E-state index in [1.807, 2.05) is 6.92 Å². The minimum Gasteiger partial charge on any atom is -0.494 e. The van der Waals surface area contributed by atoms with Gasteiger partial charge in [0.05, 0.1) is 12.2 Å². The van der Waals surface area contributed by atoms with E-state index in [-0.39, 0.29) is 11.3 Å². The summed E-state index contributed by atoms with van der Waals surface area (Å²) in [6, 6.07) is 8.07. The monoisotopic (exact) mass is 289 g/mol. The van der Waals surface area contributed by atoms with Crippen LogP contribution in [0.1, 0.15) is 34.3 Å². The normalized spacial score (nSPS) is 10.1. The SMILES string of the molecule is CCCOc1ccc(NC(=O)c2cc(C(=O)O)co2)cc1. The Kier molecular flexibility index (Phi) is 4.61. The molecule has 0 unspecified atom stereocenters. The van der Waals surface area contributed by atoms with Gasteiger partial charge in [0.2, 0.25) is 0 Å². The number of carboxylic acids is 1. The van der Waals surface area contributed by atoms with E-state index in [0.717, 1.165) is 18.4 Å². The van der Waals surface area contributed by atoms with Crippen molar-refractivity contribution in [3.63, 3.8) is 0 Å². The van der Waals surface area contributed by atoms with Gasteiger partial charge in [0.15, 0.2) is 5.76 Å². The topological polar surface area (TPSA) is 88.8 Å². The standard InChI is InChI=1S/C15H15NO5/c1-2-7-20-12-5-3-11(4-6-12)16-14(17)13-8-10(9-21-13)15(18)19/h3-6,8-9H,2,7H2,1H3,(H,16,17)(H,18,19). The number of nitrogens with one attached hydrogen (secondary N) is 1. The first-order chi connectivity index (χ1) is 10.1. The third kappa shape index (κ3) is 3.85. The number of benzene rings is 1. The highest BCUT2D eigenvalue weighted by molar-refractivity contribution is 6.03. The number of aromatic carboxylic acids is 1. The molecule has 0 radical (unpaired) electrons. The zero-order valence-electron chi connectivity index (χ0n) is 11.5. The van der Waals surface area contributed by atoms with Crippen molar-refractivity contribution in [2.24, 2.45) is 0 Å². The van der Waals surface area contributed by atoms with E-state index in [4.69, 9.17) is 14.3 Å². The largest absolute Gasteiger partial charge is 0.494 e. The number of carbonyl (C=O) groups excluding carboxylic acids is 1. The summed E-state index contributed by atoms with van der Waals surface area (Å²) < 4.78 is 10.4. The van der Waals surface area contributed by atoms with Crippen molar-refractivity contribution in [1.29, 1.82) is 0 Å². The molecule has 1 heterocycles. The Labute approximate surface area is 121 Å². The van der Waals surface area contributed by atoms with E-state index in [2.05, 4.69) is 5.32 Å². The Morgan fingerprint density at radius 2 is 2.00 bits per heavy atom. The Balaban J connectivity index is 2.00. The Morgan fingerprint density at radius 3 is 2.57 bits per heavy atom. The molecule has 110 valence electrons. The lowest BCUT2D eigenvalue weighted by Gasteiger charge is -2.06. The van der Waals surface area contributed by atoms with Gasteiger partial charge in [0.25, 0.3) is 5.91 Å². The van der Waals surface area contributed by atoms with Gasteiger partial charge in [-0.15, -0.1) is 0 Å². The van der Waals surface area contributed by atoms with Crippen molar-refractivity contribution >= 4 is 17.6 Å². The van der Waals surface area contributed by atoms with Crippen LogP contribution in [-0.2, 0) is 0 Å². The summed E-state index contributed by atoms with van der Waals surface area (Å²) in [7, 11) is 0. The fourth-order valence-electron chi connectivity index (χ4n) is 1.61. The van der Waals surface area contributed by atoms with E-state index in [9.17, 15) is 9.59 Å². The highest BCUT2D eigenvalue weighted by Crippen LogP contribution is 2.17. The predicted octanol–water partition coefficient (Wildman–Crippen LogP) is 3.02. The smallest absolute Gasteiger partial charge is 0.338 e. The van der Waals surface area contributed by atoms with Crippen molar-refractivity contribution < 1.29 is 23.8 Å². The second-order valence-electron chi connectivity index (χ2n) is 4.33. The second-order valence-corrected chi connectivity index (χ2v) is 4.33. The average Bonchev–Trinajstić information content (AvgIpc) is 2.97. The second kappa shape index (κ2) is 6.60. The maximum atomic E-state index is 11.9. The summed E-state index contributed by atoms with van der Waals surface area (Å²) in [4.78, 5) is 22.6. The van der Waals surface area contributed by atoms with Crippen LogP contribution in [-0.4, -0.2) is 23.6 Å². The molecule has 0 saturated heterocycles. The summed E-state index contributed by atoms with van der Waals surface area (Å²) in [5.41, 5.74) is 0.501. The molecule has 2 aromatic rings. The first-order valence-electron chi connectivity index (χ1n) is 6.46. The summed E-state index contributed by atoms with van der Waals surface area (Å²) in [5.74, 6) is -0.986. The van der Waals surface area contributed by atoms with E-state index in [1.54, 1.807) is 24.3 Å². The molecule has 2 N–H and O–H groups in total. The summed E-state index contributed by atoms with van der Waals surface area (Å²) in [6.45, 7) is 2.65. The van der Waals surface area contributed by atoms with Gasteiger partial charge < -0.3 is 19.6 Å². The lowest BCUT2D eigenvalue weighted by atomic mass is 10.2. The van der Waals surface area contributed by atoms with Gasteiger partial charge in [-0.1, -0.05) is 6.92 Å². The number of amides is 1. The summed E-state index contributed by atoms with van der Waals surface area (Å²) >= 11 is 0. The first kappa shape index (κ1) is 14.6. The third-order valence-corrected chi connectivity index (χ3v) is 2.66. The number of ether oxygens (including phenoxy) is 1. The summed E-state index contributed by atoms with van der Waals surface area (Å²) in [5, 5.41) is 11.4. The molecule has 0 aliphatic carbocycles. The van der Waals surface area contributed by atoms with Gasteiger partial charge in [-0.05, 0) is 30.7 Å². The lowest BCUT2D eigenvalue weighted by molar-refractivity contribution is 0.0696. The van der Waals surface area contributed by atoms with Crippen molar-refractivity contribution in [2.45, 2.75) is 13.3 Å². The summed E-state index contributed by atoms with van der Waals surface area (Å²) in [6.07, 6.45) is 1.95. The van der Waals surface area contributed by atoms with E-state index >= 15 is 0 Å². The molecule has 1 amide bonds. The van der Waals surface area contributed by atoms with Crippen molar-refractivity contribution in [2.75, 3.05) is 11.9 Å². The maximum absolute atomic E-state index is 11.9. The molecule has 0 spiro atoms. The molecule has 0 aliphatic rings. The molecular weight excluding hydrogens is 274 g/mol. The fraction of sp³-hybridized carbons (Fsp3) is 0.200. The van der Waals surface area contributed by atoms with E-state index in [0.29, 0.717) is 12.3 Å². The fourth-order valence-corrected chi connectivity index (χ4v) is 1.61. The van der Waals surface area contributed by atoms with Gasteiger partial charge >= 0.3 is 5.97 Å². The molecule has 6 heteroatoms. The molecule has 0 bridgehead atoms. The molecule has 1 aromatic heterocycles. The van der Waals surface area contributed by atoms with Crippen LogP contribution in [0.3, 0.4) is 0 Å². The molecule has 1 aromatic carbocycles. The molecule has 0 saturated carbocycles. The van der Waals surface area contributed by atoms with Crippen molar-refractivity contribution in [1.82, 2.24) is 0 Å². The molecule has 21 heavy (non-hydrogen) atoms. The highest BCUT2D eigenvalue weighted by Gasteiger charge is 2.14. The minimum absolute atomic E-state index is 0.0568. The minimum atomic E-state index is -1.14. The van der Waals surface area contributed by atoms with Crippen LogP contribution in [0.15, 0.2) is 41.0 Å². The van der Waals surface area contributed by atoms with Gasteiger partial charge in [-0.2, -0.15) is 0 Å².